The smallest absolute Gasteiger partial charge is 0.391 e. The number of rotatable bonds is 11. The molecule has 28 heavy (non-hydrogen) atoms. The first kappa shape index (κ1) is 25.3. The third kappa shape index (κ3) is 9.20. The molecular formula is C9H16N2O13P3S+. The molecule has 5 atom stereocenters. The normalized spacial score (nSPS) is 18.1. The standard InChI is InChI=1S/C9H15N2O13P3S/c1-5(12)6(22-9(14)11-3-2-7(28)10-8(11)13)4-21-27(19,20)24-25(15)23-26(16,17)18/h2-3,5-6,9,12,14H,4H2,1H3,(H3-,10,13,16,17,18,19,20,28)/p+1/t5-,6-,9?/m1/s1. The van der Waals surface area contributed by atoms with E-state index in [1.54, 1.807) is 0 Å². The first-order valence-corrected chi connectivity index (χ1v) is 11.5. The fourth-order valence-corrected chi connectivity index (χ4v) is 3.92. The molecule has 1 rings (SSSR count). The molecule has 0 bridgehead atoms. The molecule has 0 radical (unpaired) electrons. The molecule has 0 aliphatic heterocycles. The highest BCUT2D eigenvalue weighted by atomic mass is 32.1. The Kier molecular flexibility index (Phi) is 9.38. The summed E-state index contributed by atoms with van der Waals surface area (Å²) in [4.78, 5) is 40.1. The summed E-state index contributed by atoms with van der Waals surface area (Å²) in [6.45, 7) is 0.224. The lowest BCUT2D eigenvalue weighted by atomic mass is 10.2. The van der Waals surface area contributed by atoms with E-state index in [2.05, 4.69) is 18.1 Å². The number of H-pyrrole nitrogens is 1. The van der Waals surface area contributed by atoms with E-state index in [1.807, 2.05) is 0 Å². The molecule has 0 fully saturated rings. The van der Waals surface area contributed by atoms with Gasteiger partial charge in [-0.15, -0.1) is 0 Å². The first-order chi connectivity index (χ1) is 12.7. The van der Waals surface area contributed by atoms with Crippen molar-refractivity contribution in [2.24, 2.45) is 0 Å². The Bertz CT molecular complexity index is 894. The highest BCUT2D eigenvalue weighted by molar-refractivity contribution is 7.71. The predicted octanol–water partition coefficient (Wildman–Crippen LogP) is 0.0206. The molecule has 160 valence electrons. The van der Waals surface area contributed by atoms with Gasteiger partial charge >= 0.3 is 29.6 Å². The monoisotopic (exact) mass is 485 g/mol. The minimum Gasteiger partial charge on any atom is -0.391 e. The van der Waals surface area contributed by atoms with E-state index in [-0.39, 0.29) is 4.64 Å². The fraction of sp³-hybridized carbons (Fsp3) is 0.556. The van der Waals surface area contributed by atoms with Crippen LogP contribution in [0.25, 0.3) is 0 Å². The van der Waals surface area contributed by atoms with Crippen LogP contribution in [0.5, 0.6) is 0 Å². The van der Waals surface area contributed by atoms with Crippen molar-refractivity contribution in [3.8, 4) is 0 Å². The van der Waals surface area contributed by atoms with Gasteiger partial charge < -0.3 is 24.7 Å². The molecule has 19 heteroatoms. The summed E-state index contributed by atoms with van der Waals surface area (Å²) < 4.78 is 50.7. The summed E-state index contributed by atoms with van der Waals surface area (Å²) in [5, 5.41) is 19.5. The SMILES string of the molecule is C[C@@H](O)[C@@H](COP(=O)(O)O[P+](=O)OP(=O)(O)O)OC(O)n1ccc(=S)[nH]c1=O. The molecule has 0 amide bonds. The average Bonchev–Trinajstić information content (AvgIpc) is 2.48. The van der Waals surface area contributed by atoms with Gasteiger partial charge in [0.05, 0.1) is 12.7 Å². The molecule has 0 aromatic carbocycles. The lowest BCUT2D eigenvalue weighted by Gasteiger charge is -2.24. The van der Waals surface area contributed by atoms with Crippen LogP contribution in [0.1, 0.15) is 13.3 Å². The molecule has 1 heterocycles. The molecule has 15 nitrogen and oxygen atoms in total. The Morgan fingerprint density at radius 1 is 1.29 bits per heavy atom. The largest absolute Gasteiger partial charge is 0.719 e. The topological polar surface area (TPSA) is 227 Å². The summed E-state index contributed by atoms with van der Waals surface area (Å²) in [6, 6.07) is 1.25. The molecule has 0 saturated carbocycles. The zero-order chi connectivity index (χ0) is 21.7. The minimum atomic E-state index is -5.26. The molecule has 1 aromatic heterocycles. The van der Waals surface area contributed by atoms with Gasteiger partial charge in [0.2, 0.25) is 6.41 Å². The maximum Gasteiger partial charge on any atom is 0.719 e. The second-order valence-electron chi connectivity index (χ2n) is 4.90. The van der Waals surface area contributed by atoms with E-state index in [9.17, 15) is 33.6 Å². The number of nitrogens with one attached hydrogen (secondary N) is 1. The van der Waals surface area contributed by atoms with Crippen LogP contribution in [0, 0.1) is 4.64 Å². The lowest BCUT2D eigenvalue weighted by molar-refractivity contribution is -0.212. The number of aromatic nitrogens is 2. The van der Waals surface area contributed by atoms with E-state index in [0.717, 1.165) is 13.1 Å². The van der Waals surface area contributed by atoms with Crippen molar-refractivity contribution in [3.05, 3.63) is 27.4 Å². The van der Waals surface area contributed by atoms with Crippen LogP contribution in [0.4, 0.5) is 0 Å². The quantitative estimate of drug-likeness (QED) is 0.138. The summed E-state index contributed by atoms with van der Waals surface area (Å²) in [7, 11) is -14.2. The molecule has 1 aromatic rings. The van der Waals surface area contributed by atoms with Crippen molar-refractivity contribution in [1.29, 1.82) is 0 Å². The molecule has 0 saturated heterocycles. The van der Waals surface area contributed by atoms with Gasteiger partial charge in [-0.25, -0.2) is 13.9 Å². The molecular weight excluding hydrogens is 469 g/mol. The third-order valence-electron chi connectivity index (χ3n) is 2.67. The second-order valence-corrected chi connectivity index (χ2v) is 9.27. The van der Waals surface area contributed by atoms with Gasteiger partial charge in [-0.1, -0.05) is 12.2 Å². The number of aliphatic hydroxyl groups excluding tert-OH is 2. The number of phosphoric acid groups is 2. The van der Waals surface area contributed by atoms with Crippen LogP contribution < -0.4 is 5.69 Å². The van der Waals surface area contributed by atoms with Gasteiger partial charge in [-0.05, 0) is 21.6 Å². The van der Waals surface area contributed by atoms with E-state index in [0.29, 0.717) is 4.57 Å². The van der Waals surface area contributed by atoms with E-state index in [1.165, 1.54) is 6.07 Å². The zero-order valence-electron chi connectivity index (χ0n) is 13.8. The van der Waals surface area contributed by atoms with Crippen LogP contribution in [0.15, 0.2) is 17.1 Å². The summed E-state index contributed by atoms with van der Waals surface area (Å²) in [5.41, 5.74) is -0.854. The van der Waals surface area contributed by atoms with E-state index >= 15 is 0 Å². The summed E-state index contributed by atoms with van der Waals surface area (Å²) >= 11 is 4.72. The molecule has 6 N–H and O–H groups in total. The molecule has 3 unspecified atom stereocenters. The van der Waals surface area contributed by atoms with Crippen LogP contribution >= 0.6 is 36.1 Å². The van der Waals surface area contributed by atoms with Crippen molar-refractivity contribution >= 4 is 36.1 Å². The third-order valence-corrected chi connectivity index (χ3v) is 6.13. The minimum absolute atomic E-state index is 0.0777. The van der Waals surface area contributed by atoms with Gasteiger partial charge in [-0.3, -0.25) is 19.0 Å². The number of aliphatic hydroxyl groups is 2. The van der Waals surface area contributed by atoms with Crippen LogP contribution in [-0.2, 0) is 31.6 Å². The Morgan fingerprint density at radius 3 is 2.39 bits per heavy atom. The van der Waals surface area contributed by atoms with Crippen molar-refractivity contribution in [3.63, 3.8) is 0 Å². The van der Waals surface area contributed by atoms with Crippen molar-refractivity contribution < 1.29 is 56.5 Å². The van der Waals surface area contributed by atoms with Gasteiger partial charge in [0.15, 0.2) is 0 Å². The van der Waals surface area contributed by atoms with E-state index in [4.69, 9.17) is 26.7 Å². The van der Waals surface area contributed by atoms with Crippen LogP contribution in [0.2, 0.25) is 0 Å². The molecule has 0 aliphatic carbocycles. The van der Waals surface area contributed by atoms with Gasteiger partial charge in [0, 0.05) is 10.8 Å². The number of ether oxygens (including phenoxy) is 1. The maximum atomic E-state index is 11.7. The van der Waals surface area contributed by atoms with Crippen LogP contribution in [-0.4, -0.2) is 53.3 Å². The highest BCUT2D eigenvalue weighted by Crippen LogP contribution is 2.58. The van der Waals surface area contributed by atoms with E-state index < -0.39 is 54.8 Å². The molecule has 0 aliphatic rings. The Morgan fingerprint density at radius 2 is 1.89 bits per heavy atom. The van der Waals surface area contributed by atoms with Crippen LogP contribution in [0.3, 0.4) is 0 Å². The van der Waals surface area contributed by atoms with Gasteiger partial charge in [-0.2, -0.15) is 0 Å². The summed E-state index contributed by atoms with van der Waals surface area (Å²) in [5.74, 6) is 0. The maximum absolute atomic E-state index is 11.7. The predicted molar refractivity (Wildman–Crippen MR) is 91.3 cm³/mol. The van der Waals surface area contributed by atoms with Crippen molar-refractivity contribution in [1.82, 2.24) is 9.55 Å². The highest BCUT2D eigenvalue weighted by Gasteiger charge is 2.43. The van der Waals surface area contributed by atoms with Crippen molar-refractivity contribution in [2.45, 2.75) is 25.5 Å². The Hall–Kier alpha value is -0.700. The number of hydrogen-bond donors (Lipinski definition) is 6. The Balaban J connectivity index is 2.75. The molecule has 0 spiro atoms. The second kappa shape index (κ2) is 10.4. The number of phosphoric ester groups is 1. The number of aromatic amines is 1. The Labute approximate surface area is 162 Å². The average molecular weight is 485 g/mol. The first-order valence-electron chi connectivity index (χ1n) is 6.93. The number of hydrogen-bond acceptors (Lipinski definition) is 11. The fourth-order valence-electron chi connectivity index (χ4n) is 1.49. The van der Waals surface area contributed by atoms with Gasteiger partial charge in [0.25, 0.3) is 0 Å². The summed E-state index contributed by atoms with van der Waals surface area (Å²) in [6.07, 6.45) is -3.80. The number of nitrogens with zero attached hydrogens (tertiary/aromatic N) is 1. The van der Waals surface area contributed by atoms with Crippen molar-refractivity contribution in [2.75, 3.05) is 6.61 Å². The lowest BCUT2D eigenvalue weighted by Crippen LogP contribution is -2.37. The zero-order valence-corrected chi connectivity index (χ0v) is 17.3. The van der Waals surface area contributed by atoms with Gasteiger partial charge in [0.1, 0.15) is 10.7 Å².